The minimum absolute atomic E-state index is 0.489. The Morgan fingerprint density at radius 3 is 3.21 bits per heavy atom. The zero-order chi connectivity index (χ0) is 9.64. The van der Waals surface area contributed by atoms with Gasteiger partial charge in [-0.25, -0.2) is 0 Å². The smallest absolute Gasteiger partial charge is 0.156 e. The van der Waals surface area contributed by atoms with Crippen molar-refractivity contribution in [1.82, 2.24) is 5.32 Å². The lowest BCUT2D eigenvalue weighted by molar-refractivity contribution is 0.0122. The third kappa shape index (κ3) is 3.17. The maximum Gasteiger partial charge on any atom is 0.156 e. The SMILES string of the molecule is C1CCC(CCNC2=NCCS2)OC1. The molecule has 0 spiro atoms. The minimum Gasteiger partial charge on any atom is -0.378 e. The predicted molar refractivity (Wildman–Crippen MR) is 61.0 cm³/mol. The summed E-state index contributed by atoms with van der Waals surface area (Å²) >= 11 is 1.83. The summed E-state index contributed by atoms with van der Waals surface area (Å²) in [6, 6.07) is 0. The number of hydrogen-bond acceptors (Lipinski definition) is 4. The second-order valence-electron chi connectivity index (χ2n) is 3.74. The number of nitrogens with one attached hydrogen (secondary N) is 1. The molecule has 14 heavy (non-hydrogen) atoms. The molecule has 1 N–H and O–H groups in total. The molecule has 0 radical (unpaired) electrons. The number of rotatable bonds is 3. The van der Waals surface area contributed by atoms with Gasteiger partial charge in [-0.05, 0) is 25.7 Å². The third-order valence-electron chi connectivity index (χ3n) is 2.60. The number of aliphatic imine (C=N–C) groups is 1. The molecule has 2 heterocycles. The van der Waals surface area contributed by atoms with Crippen LogP contribution in [0.1, 0.15) is 25.7 Å². The lowest BCUT2D eigenvalue weighted by Crippen LogP contribution is -2.27. The molecule has 0 aromatic carbocycles. The zero-order valence-corrected chi connectivity index (χ0v) is 9.31. The van der Waals surface area contributed by atoms with Crippen molar-refractivity contribution in [3.8, 4) is 0 Å². The molecule has 0 amide bonds. The van der Waals surface area contributed by atoms with E-state index in [-0.39, 0.29) is 0 Å². The highest BCUT2D eigenvalue weighted by molar-refractivity contribution is 8.14. The normalized spacial score (nSPS) is 27.4. The summed E-state index contributed by atoms with van der Waals surface area (Å²) < 4.78 is 5.66. The second-order valence-corrected chi connectivity index (χ2v) is 4.82. The molecule has 3 nitrogen and oxygen atoms in total. The molecule has 0 bridgehead atoms. The van der Waals surface area contributed by atoms with Crippen molar-refractivity contribution >= 4 is 16.9 Å². The number of amidine groups is 1. The Kier molecular flexibility index (Phi) is 4.13. The molecule has 0 saturated carbocycles. The predicted octanol–water partition coefficient (Wildman–Crippen LogP) is 1.64. The molecule has 2 rings (SSSR count). The van der Waals surface area contributed by atoms with E-state index in [0.29, 0.717) is 6.10 Å². The summed E-state index contributed by atoms with van der Waals surface area (Å²) in [5.41, 5.74) is 0. The van der Waals surface area contributed by atoms with Gasteiger partial charge in [0.05, 0.1) is 12.6 Å². The van der Waals surface area contributed by atoms with Crippen molar-refractivity contribution in [2.45, 2.75) is 31.8 Å². The molecule has 1 atom stereocenters. The first-order chi connectivity index (χ1) is 6.95. The van der Waals surface area contributed by atoms with Gasteiger partial charge in [-0.15, -0.1) is 0 Å². The van der Waals surface area contributed by atoms with Crippen LogP contribution in [0.15, 0.2) is 4.99 Å². The van der Waals surface area contributed by atoms with Crippen molar-refractivity contribution in [3.63, 3.8) is 0 Å². The van der Waals surface area contributed by atoms with E-state index in [2.05, 4.69) is 10.3 Å². The maximum atomic E-state index is 5.66. The van der Waals surface area contributed by atoms with E-state index in [1.807, 2.05) is 11.8 Å². The zero-order valence-electron chi connectivity index (χ0n) is 8.50. The minimum atomic E-state index is 0.489. The van der Waals surface area contributed by atoms with Gasteiger partial charge in [0.1, 0.15) is 0 Å². The Bertz CT molecular complexity index is 202. The largest absolute Gasteiger partial charge is 0.378 e. The number of ether oxygens (including phenoxy) is 1. The summed E-state index contributed by atoms with van der Waals surface area (Å²) in [7, 11) is 0. The van der Waals surface area contributed by atoms with Crippen molar-refractivity contribution in [2.75, 3.05) is 25.4 Å². The number of hydrogen-bond donors (Lipinski definition) is 1. The lowest BCUT2D eigenvalue weighted by atomic mass is 10.1. The van der Waals surface area contributed by atoms with Crippen LogP contribution in [0.25, 0.3) is 0 Å². The van der Waals surface area contributed by atoms with Crippen molar-refractivity contribution in [3.05, 3.63) is 0 Å². The summed E-state index contributed by atoms with van der Waals surface area (Å²) in [5.74, 6) is 1.14. The van der Waals surface area contributed by atoms with Gasteiger partial charge in [-0.1, -0.05) is 11.8 Å². The molecule has 4 heteroatoms. The number of nitrogens with zero attached hydrogens (tertiary/aromatic N) is 1. The van der Waals surface area contributed by atoms with Crippen LogP contribution in [0.5, 0.6) is 0 Å². The summed E-state index contributed by atoms with van der Waals surface area (Å²) in [4.78, 5) is 4.35. The molecule has 2 aliphatic heterocycles. The fourth-order valence-electron chi connectivity index (χ4n) is 1.82. The van der Waals surface area contributed by atoms with Gasteiger partial charge >= 0.3 is 0 Å². The van der Waals surface area contributed by atoms with Crippen LogP contribution in [0.2, 0.25) is 0 Å². The van der Waals surface area contributed by atoms with Gasteiger partial charge < -0.3 is 10.1 Å². The average molecular weight is 214 g/mol. The van der Waals surface area contributed by atoms with E-state index in [1.165, 1.54) is 19.3 Å². The van der Waals surface area contributed by atoms with Gasteiger partial charge in [0.2, 0.25) is 0 Å². The average Bonchev–Trinajstić information content (AvgIpc) is 2.72. The molecule has 0 aromatic heterocycles. The van der Waals surface area contributed by atoms with E-state index >= 15 is 0 Å². The van der Waals surface area contributed by atoms with Crippen LogP contribution in [-0.2, 0) is 4.74 Å². The molecule has 2 aliphatic rings. The van der Waals surface area contributed by atoms with E-state index in [4.69, 9.17) is 4.74 Å². The Morgan fingerprint density at radius 1 is 1.50 bits per heavy atom. The van der Waals surface area contributed by atoms with Gasteiger partial charge in [-0.2, -0.15) is 0 Å². The molecule has 1 fully saturated rings. The standard InChI is InChI=1S/C10H18N2OS/c1-2-7-13-9(3-1)4-5-11-10-12-6-8-14-10/h9H,1-8H2,(H,11,12). The van der Waals surface area contributed by atoms with Crippen LogP contribution in [0.4, 0.5) is 0 Å². The van der Waals surface area contributed by atoms with E-state index < -0.39 is 0 Å². The Labute approximate surface area is 89.7 Å². The monoisotopic (exact) mass is 214 g/mol. The van der Waals surface area contributed by atoms with Crippen LogP contribution in [0, 0.1) is 0 Å². The highest BCUT2D eigenvalue weighted by Crippen LogP contribution is 2.15. The van der Waals surface area contributed by atoms with Crippen molar-refractivity contribution in [1.29, 1.82) is 0 Å². The molecule has 80 valence electrons. The molecular formula is C10H18N2OS. The van der Waals surface area contributed by atoms with Crippen LogP contribution >= 0.6 is 11.8 Å². The number of thioether (sulfide) groups is 1. The molecule has 0 aromatic rings. The van der Waals surface area contributed by atoms with E-state index in [1.54, 1.807) is 0 Å². The third-order valence-corrected chi connectivity index (χ3v) is 3.54. The van der Waals surface area contributed by atoms with E-state index in [9.17, 15) is 0 Å². The quantitative estimate of drug-likeness (QED) is 0.775. The summed E-state index contributed by atoms with van der Waals surface area (Å²) in [6.07, 6.45) is 5.43. The fourth-order valence-corrected chi connectivity index (χ4v) is 2.58. The van der Waals surface area contributed by atoms with Crippen LogP contribution < -0.4 is 5.32 Å². The molecular weight excluding hydrogens is 196 g/mol. The topological polar surface area (TPSA) is 33.6 Å². The highest BCUT2D eigenvalue weighted by Gasteiger charge is 2.13. The Morgan fingerprint density at radius 2 is 2.50 bits per heavy atom. The molecule has 1 unspecified atom stereocenters. The molecule has 0 aliphatic carbocycles. The maximum absolute atomic E-state index is 5.66. The first-order valence-corrected chi connectivity index (χ1v) is 6.46. The van der Waals surface area contributed by atoms with Crippen molar-refractivity contribution in [2.24, 2.45) is 4.99 Å². The van der Waals surface area contributed by atoms with Gasteiger partial charge in [0.15, 0.2) is 5.17 Å². The summed E-state index contributed by atoms with van der Waals surface area (Å²) in [5, 5.41) is 4.49. The first kappa shape index (κ1) is 10.3. The second kappa shape index (κ2) is 5.61. The van der Waals surface area contributed by atoms with Gasteiger partial charge in [0, 0.05) is 18.9 Å². The molecule has 1 saturated heterocycles. The Balaban J connectivity index is 1.57. The van der Waals surface area contributed by atoms with Gasteiger partial charge in [-0.3, -0.25) is 4.99 Å². The summed E-state index contributed by atoms with van der Waals surface area (Å²) in [6.45, 7) is 2.95. The van der Waals surface area contributed by atoms with Gasteiger partial charge in [0.25, 0.3) is 0 Å². The Hall–Kier alpha value is -0.220. The van der Waals surface area contributed by atoms with E-state index in [0.717, 1.165) is 37.0 Å². The van der Waals surface area contributed by atoms with Crippen LogP contribution in [-0.4, -0.2) is 36.7 Å². The first-order valence-electron chi connectivity index (χ1n) is 5.48. The van der Waals surface area contributed by atoms with Crippen molar-refractivity contribution < 1.29 is 4.74 Å². The highest BCUT2D eigenvalue weighted by atomic mass is 32.2. The lowest BCUT2D eigenvalue weighted by Gasteiger charge is -2.22. The van der Waals surface area contributed by atoms with Crippen LogP contribution in [0.3, 0.4) is 0 Å². The fraction of sp³-hybridized carbons (Fsp3) is 0.900.